The largest absolute Gasteiger partial charge is 0.395 e. The van der Waals surface area contributed by atoms with Crippen LogP contribution in [0.3, 0.4) is 0 Å². The molecule has 3 nitrogen and oxygen atoms in total. The topological polar surface area (TPSA) is 26.7 Å². The number of rotatable bonds is 2. The lowest BCUT2D eigenvalue weighted by molar-refractivity contribution is 0.147. The van der Waals surface area contributed by atoms with E-state index in [9.17, 15) is 0 Å². The summed E-state index contributed by atoms with van der Waals surface area (Å²) in [5, 5.41) is 8.97. The molecule has 76 valence electrons. The summed E-state index contributed by atoms with van der Waals surface area (Å²) in [6.07, 6.45) is 2.59. The number of aliphatic hydroxyl groups excluding tert-OH is 1. The minimum atomic E-state index is 0.309. The summed E-state index contributed by atoms with van der Waals surface area (Å²) >= 11 is 0. The third kappa shape index (κ3) is 1.87. The van der Waals surface area contributed by atoms with Crippen LogP contribution in [0.5, 0.6) is 0 Å². The van der Waals surface area contributed by atoms with E-state index in [4.69, 9.17) is 5.11 Å². The van der Waals surface area contributed by atoms with Crippen molar-refractivity contribution in [2.24, 2.45) is 0 Å². The highest BCUT2D eigenvalue weighted by atomic mass is 16.3. The van der Waals surface area contributed by atoms with E-state index in [1.54, 1.807) is 0 Å². The Balaban J connectivity index is 2.03. The monoisotopic (exact) mass is 184 g/mol. The second-order valence-electron chi connectivity index (χ2n) is 4.33. The van der Waals surface area contributed by atoms with E-state index < -0.39 is 0 Å². The standard InChI is InChI=1S/C10H20N2O/c1-9-8-12(6-7-13)10-2-4-11(9)5-3-10/h9-10,13H,2-8H2,1H3. The highest BCUT2D eigenvalue weighted by Gasteiger charge is 2.32. The van der Waals surface area contributed by atoms with Crippen LogP contribution in [0.15, 0.2) is 0 Å². The smallest absolute Gasteiger partial charge is 0.0558 e. The Kier molecular flexibility index (Phi) is 2.86. The number of fused-ring (bicyclic) bond motifs is 4. The van der Waals surface area contributed by atoms with Gasteiger partial charge in [-0.2, -0.15) is 0 Å². The first-order valence-electron chi connectivity index (χ1n) is 5.40. The Morgan fingerprint density at radius 1 is 1.31 bits per heavy atom. The SMILES string of the molecule is CC1CN(CCO)C2CCN1CC2. The zero-order valence-corrected chi connectivity index (χ0v) is 8.45. The number of nitrogens with zero attached hydrogens (tertiary/aromatic N) is 2. The van der Waals surface area contributed by atoms with E-state index in [1.807, 2.05) is 0 Å². The van der Waals surface area contributed by atoms with Crippen LogP contribution in [-0.4, -0.2) is 59.8 Å². The van der Waals surface area contributed by atoms with Gasteiger partial charge in [0.25, 0.3) is 0 Å². The normalized spacial score (nSPS) is 40.6. The van der Waals surface area contributed by atoms with Gasteiger partial charge in [-0.05, 0) is 32.9 Å². The van der Waals surface area contributed by atoms with Crippen LogP contribution in [0.2, 0.25) is 0 Å². The summed E-state index contributed by atoms with van der Waals surface area (Å²) < 4.78 is 0. The van der Waals surface area contributed by atoms with Crippen molar-refractivity contribution in [1.29, 1.82) is 0 Å². The molecule has 3 aliphatic heterocycles. The zero-order chi connectivity index (χ0) is 9.26. The van der Waals surface area contributed by atoms with Crippen molar-refractivity contribution in [3.05, 3.63) is 0 Å². The minimum Gasteiger partial charge on any atom is -0.395 e. The summed E-state index contributed by atoms with van der Waals surface area (Å²) in [6, 6.07) is 1.42. The van der Waals surface area contributed by atoms with Crippen LogP contribution in [0.1, 0.15) is 19.8 Å². The third-order valence-corrected chi connectivity index (χ3v) is 3.52. The fraction of sp³-hybridized carbons (Fsp3) is 1.00. The van der Waals surface area contributed by atoms with Gasteiger partial charge in [-0.1, -0.05) is 0 Å². The molecule has 0 aromatic rings. The number of aliphatic hydroxyl groups is 1. The molecule has 1 atom stereocenters. The number of hydrogen-bond acceptors (Lipinski definition) is 3. The molecule has 2 bridgehead atoms. The van der Waals surface area contributed by atoms with Crippen LogP contribution in [0.25, 0.3) is 0 Å². The molecule has 0 radical (unpaired) electrons. The van der Waals surface area contributed by atoms with Crippen LogP contribution < -0.4 is 0 Å². The van der Waals surface area contributed by atoms with Crippen molar-refractivity contribution in [1.82, 2.24) is 9.80 Å². The van der Waals surface area contributed by atoms with Gasteiger partial charge in [-0.15, -0.1) is 0 Å². The summed E-state index contributed by atoms with van der Waals surface area (Å²) in [6.45, 7) is 7.14. The molecular formula is C10H20N2O. The second-order valence-corrected chi connectivity index (χ2v) is 4.33. The lowest BCUT2D eigenvalue weighted by Crippen LogP contribution is -2.39. The summed E-state index contributed by atoms with van der Waals surface area (Å²) in [5.41, 5.74) is 0. The molecule has 0 saturated carbocycles. The van der Waals surface area contributed by atoms with Crippen molar-refractivity contribution in [2.75, 3.05) is 32.8 Å². The molecular weight excluding hydrogens is 164 g/mol. The highest BCUT2D eigenvalue weighted by Crippen LogP contribution is 2.23. The van der Waals surface area contributed by atoms with Gasteiger partial charge in [0, 0.05) is 25.2 Å². The van der Waals surface area contributed by atoms with Crippen LogP contribution in [-0.2, 0) is 0 Å². The maximum atomic E-state index is 8.97. The maximum absolute atomic E-state index is 8.97. The number of hydrogen-bond donors (Lipinski definition) is 1. The molecule has 3 fully saturated rings. The van der Waals surface area contributed by atoms with Gasteiger partial charge >= 0.3 is 0 Å². The van der Waals surface area contributed by atoms with E-state index in [2.05, 4.69) is 16.7 Å². The molecule has 0 aromatic heterocycles. The molecule has 3 heteroatoms. The van der Waals surface area contributed by atoms with Crippen molar-refractivity contribution in [3.8, 4) is 0 Å². The van der Waals surface area contributed by atoms with Crippen molar-refractivity contribution in [3.63, 3.8) is 0 Å². The Morgan fingerprint density at radius 2 is 2.00 bits per heavy atom. The average molecular weight is 184 g/mol. The van der Waals surface area contributed by atoms with Crippen molar-refractivity contribution < 1.29 is 5.11 Å². The van der Waals surface area contributed by atoms with Gasteiger partial charge in [-0.25, -0.2) is 0 Å². The van der Waals surface area contributed by atoms with Gasteiger partial charge in [0.15, 0.2) is 0 Å². The second kappa shape index (κ2) is 3.95. The van der Waals surface area contributed by atoms with Crippen LogP contribution in [0, 0.1) is 0 Å². The minimum absolute atomic E-state index is 0.309. The van der Waals surface area contributed by atoms with Crippen LogP contribution >= 0.6 is 0 Å². The molecule has 3 heterocycles. The van der Waals surface area contributed by atoms with Crippen molar-refractivity contribution >= 4 is 0 Å². The lowest BCUT2D eigenvalue weighted by Gasteiger charge is -2.31. The molecule has 3 rings (SSSR count). The molecule has 1 N–H and O–H groups in total. The molecule has 0 aliphatic carbocycles. The predicted molar refractivity (Wildman–Crippen MR) is 52.7 cm³/mol. The van der Waals surface area contributed by atoms with Crippen molar-refractivity contribution in [2.45, 2.75) is 31.8 Å². The Labute approximate surface area is 80.3 Å². The van der Waals surface area contributed by atoms with E-state index >= 15 is 0 Å². The molecule has 3 aliphatic rings. The van der Waals surface area contributed by atoms with Gasteiger partial charge in [0.05, 0.1) is 6.61 Å². The van der Waals surface area contributed by atoms with E-state index in [0.717, 1.165) is 19.1 Å². The average Bonchev–Trinajstić information content (AvgIpc) is 2.38. The Bertz CT molecular complexity index is 166. The molecule has 0 amide bonds. The Hall–Kier alpha value is -0.120. The van der Waals surface area contributed by atoms with Gasteiger partial charge in [-0.3, -0.25) is 9.80 Å². The predicted octanol–water partition coefficient (Wildman–Crippen LogP) is 0.147. The fourth-order valence-corrected chi connectivity index (χ4v) is 2.70. The fourth-order valence-electron chi connectivity index (χ4n) is 2.70. The van der Waals surface area contributed by atoms with Gasteiger partial charge in [0.1, 0.15) is 0 Å². The molecule has 0 spiro atoms. The first-order valence-corrected chi connectivity index (χ1v) is 5.40. The summed E-state index contributed by atoms with van der Waals surface area (Å²) in [5.74, 6) is 0. The lowest BCUT2D eigenvalue weighted by atomic mass is 10.1. The van der Waals surface area contributed by atoms with Gasteiger partial charge < -0.3 is 5.11 Å². The molecule has 13 heavy (non-hydrogen) atoms. The first kappa shape index (κ1) is 9.44. The maximum Gasteiger partial charge on any atom is 0.0558 e. The van der Waals surface area contributed by atoms with Crippen LogP contribution in [0.4, 0.5) is 0 Å². The number of piperidine rings is 1. The van der Waals surface area contributed by atoms with E-state index in [0.29, 0.717) is 12.6 Å². The Morgan fingerprint density at radius 3 is 2.62 bits per heavy atom. The van der Waals surface area contributed by atoms with Gasteiger partial charge in [0.2, 0.25) is 0 Å². The zero-order valence-electron chi connectivity index (χ0n) is 8.45. The molecule has 3 saturated heterocycles. The first-order chi connectivity index (χ1) is 6.31. The highest BCUT2D eigenvalue weighted by molar-refractivity contribution is 4.88. The third-order valence-electron chi connectivity index (χ3n) is 3.52. The van der Waals surface area contributed by atoms with E-state index in [-0.39, 0.29) is 0 Å². The summed E-state index contributed by atoms with van der Waals surface area (Å²) in [7, 11) is 0. The quantitative estimate of drug-likeness (QED) is 0.661. The molecule has 1 unspecified atom stereocenters. The van der Waals surface area contributed by atoms with E-state index in [1.165, 1.54) is 25.9 Å². The summed E-state index contributed by atoms with van der Waals surface area (Å²) in [4.78, 5) is 5.05. The molecule has 0 aromatic carbocycles.